The average Bonchev–Trinajstić information content (AvgIpc) is 3.22. The van der Waals surface area contributed by atoms with Gasteiger partial charge in [-0.1, -0.05) is 29.8 Å². The summed E-state index contributed by atoms with van der Waals surface area (Å²) >= 11 is 0. The fourth-order valence-electron chi connectivity index (χ4n) is 3.06. The summed E-state index contributed by atoms with van der Waals surface area (Å²) in [5.41, 5.74) is 2.60. The summed E-state index contributed by atoms with van der Waals surface area (Å²) in [5, 5.41) is 2.75. The summed E-state index contributed by atoms with van der Waals surface area (Å²) in [6, 6.07) is 13.6. The van der Waals surface area contributed by atoms with E-state index in [1.54, 1.807) is 25.3 Å². The molecule has 170 valence electrons. The summed E-state index contributed by atoms with van der Waals surface area (Å²) in [7, 11) is -2.15. The molecular weight excluding hydrogens is 430 g/mol. The number of carbonyl (C=O) groups is 1. The first kappa shape index (κ1) is 23.6. The normalized spacial score (nSPS) is 12.5. The maximum atomic E-state index is 12.4. The van der Waals surface area contributed by atoms with Crippen LogP contribution < -0.4 is 10.0 Å². The standard InChI is InChI=1S/C23H27N3O5S/c1-16-4-6-18(7-5-16)21-14-24-23(31-21)13-12-22(27)25-19-8-10-20(11-9-19)32(28,29)26-17(2)15-30-3/h4-11,14,17,26H,12-13,15H2,1-3H3,(H,25,27). The van der Waals surface area contributed by atoms with Crippen molar-refractivity contribution in [2.24, 2.45) is 0 Å². The van der Waals surface area contributed by atoms with Crippen molar-refractivity contribution in [1.29, 1.82) is 0 Å². The maximum absolute atomic E-state index is 12.4. The topological polar surface area (TPSA) is 111 Å². The average molecular weight is 458 g/mol. The highest BCUT2D eigenvalue weighted by Gasteiger charge is 2.17. The molecule has 0 spiro atoms. The van der Waals surface area contributed by atoms with E-state index in [-0.39, 0.29) is 29.9 Å². The third kappa shape index (κ3) is 6.49. The van der Waals surface area contributed by atoms with Crippen LogP contribution in [0.25, 0.3) is 11.3 Å². The zero-order chi connectivity index (χ0) is 23.1. The van der Waals surface area contributed by atoms with Crippen LogP contribution in [-0.4, -0.2) is 39.1 Å². The first-order chi connectivity index (χ1) is 15.3. The van der Waals surface area contributed by atoms with E-state index in [0.29, 0.717) is 23.8 Å². The first-order valence-electron chi connectivity index (χ1n) is 10.2. The van der Waals surface area contributed by atoms with Gasteiger partial charge in [0.2, 0.25) is 15.9 Å². The molecule has 0 radical (unpaired) electrons. The molecule has 0 aliphatic carbocycles. The van der Waals surface area contributed by atoms with E-state index >= 15 is 0 Å². The molecule has 0 saturated heterocycles. The molecule has 1 heterocycles. The molecule has 1 aromatic heterocycles. The summed E-state index contributed by atoms with van der Waals surface area (Å²) in [6.07, 6.45) is 2.19. The Labute approximate surface area is 188 Å². The number of hydrogen-bond donors (Lipinski definition) is 2. The number of hydrogen-bond acceptors (Lipinski definition) is 6. The Bertz CT molecular complexity index is 1140. The molecule has 32 heavy (non-hydrogen) atoms. The van der Waals surface area contributed by atoms with Crippen LogP contribution in [0.4, 0.5) is 5.69 Å². The van der Waals surface area contributed by atoms with E-state index in [4.69, 9.17) is 9.15 Å². The van der Waals surface area contributed by atoms with Crippen LogP contribution in [0.3, 0.4) is 0 Å². The van der Waals surface area contributed by atoms with Crippen LogP contribution in [0, 0.1) is 6.92 Å². The minimum atomic E-state index is -3.66. The molecule has 2 aromatic carbocycles. The van der Waals surface area contributed by atoms with Crippen LogP contribution in [0.5, 0.6) is 0 Å². The molecule has 0 aliphatic heterocycles. The molecule has 1 amide bonds. The molecule has 9 heteroatoms. The second-order valence-electron chi connectivity index (χ2n) is 7.53. The van der Waals surface area contributed by atoms with Crippen molar-refractivity contribution in [3.05, 3.63) is 66.2 Å². The lowest BCUT2D eigenvalue weighted by Gasteiger charge is -2.13. The first-order valence-corrected chi connectivity index (χ1v) is 11.7. The maximum Gasteiger partial charge on any atom is 0.240 e. The largest absolute Gasteiger partial charge is 0.441 e. The Morgan fingerprint density at radius 3 is 2.47 bits per heavy atom. The van der Waals surface area contributed by atoms with Gasteiger partial charge in [0.1, 0.15) is 0 Å². The van der Waals surface area contributed by atoms with Crippen LogP contribution >= 0.6 is 0 Å². The number of carbonyl (C=O) groups excluding carboxylic acids is 1. The number of nitrogens with one attached hydrogen (secondary N) is 2. The monoisotopic (exact) mass is 457 g/mol. The number of aromatic nitrogens is 1. The molecule has 0 fully saturated rings. The summed E-state index contributed by atoms with van der Waals surface area (Å²) < 4.78 is 37.9. The van der Waals surface area contributed by atoms with Gasteiger partial charge in [-0.05, 0) is 38.1 Å². The number of anilines is 1. The number of sulfonamides is 1. The van der Waals surface area contributed by atoms with E-state index in [9.17, 15) is 13.2 Å². The van der Waals surface area contributed by atoms with Crippen molar-refractivity contribution in [2.75, 3.05) is 19.0 Å². The minimum Gasteiger partial charge on any atom is -0.441 e. The Kier molecular flexibility index (Phi) is 7.79. The Balaban J connectivity index is 1.53. The fourth-order valence-corrected chi connectivity index (χ4v) is 4.28. The van der Waals surface area contributed by atoms with Gasteiger partial charge in [0, 0.05) is 37.2 Å². The van der Waals surface area contributed by atoms with Crippen molar-refractivity contribution in [2.45, 2.75) is 37.6 Å². The molecule has 0 bridgehead atoms. The summed E-state index contributed by atoms with van der Waals surface area (Å²) in [6.45, 7) is 4.00. The third-order valence-electron chi connectivity index (χ3n) is 4.68. The molecule has 3 rings (SSSR count). The Hall–Kier alpha value is -3.01. The number of ether oxygens (including phenoxy) is 1. The van der Waals surface area contributed by atoms with Crippen molar-refractivity contribution in [3.8, 4) is 11.3 Å². The number of benzene rings is 2. The summed E-state index contributed by atoms with van der Waals surface area (Å²) in [4.78, 5) is 16.6. The Morgan fingerprint density at radius 1 is 1.12 bits per heavy atom. The SMILES string of the molecule is COCC(C)NS(=O)(=O)c1ccc(NC(=O)CCc2ncc(-c3ccc(C)cc3)o2)cc1. The zero-order valence-electron chi connectivity index (χ0n) is 18.3. The highest BCUT2D eigenvalue weighted by atomic mass is 32.2. The van der Waals surface area contributed by atoms with Crippen LogP contribution in [-0.2, 0) is 26.0 Å². The second kappa shape index (κ2) is 10.5. The highest BCUT2D eigenvalue weighted by Crippen LogP contribution is 2.21. The van der Waals surface area contributed by atoms with E-state index in [0.717, 1.165) is 11.1 Å². The Morgan fingerprint density at radius 2 is 1.81 bits per heavy atom. The number of aryl methyl sites for hydroxylation is 2. The van der Waals surface area contributed by atoms with Gasteiger partial charge >= 0.3 is 0 Å². The zero-order valence-corrected chi connectivity index (χ0v) is 19.1. The quantitative estimate of drug-likeness (QED) is 0.482. The molecular formula is C23H27N3O5S. The number of amides is 1. The van der Waals surface area contributed by atoms with Crippen molar-refractivity contribution in [1.82, 2.24) is 9.71 Å². The van der Waals surface area contributed by atoms with E-state index in [1.807, 2.05) is 31.2 Å². The molecule has 2 N–H and O–H groups in total. The third-order valence-corrected chi connectivity index (χ3v) is 6.28. The number of methoxy groups -OCH3 is 1. The number of rotatable bonds is 10. The highest BCUT2D eigenvalue weighted by molar-refractivity contribution is 7.89. The van der Waals surface area contributed by atoms with Crippen LogP contribution in [0.15, 0.2) is 64.0 Å². The molecule has 0 aliphatic rings. The summed E-state index contributed by atoms with van der Waals surface area (Å²) in [5.74, 6) is 0.918. The van der Waals surface area contributed by atoms with E-state index in [1.165, 1.54) is 19.2 Å². The minimum absolute atomic E-state index is 0.113. The lowest BCUT2D eigenvalue weighted by Crippen LogP contribution is -2.35. The van der Waals surface area contributed by atoms with Crippen molar-refractivity contribution in [3.63, 3.8) is 0 Å². The van der Waals surface area contributed by atoms with Gasteiger partial charge in [0.15, 0.2) is 11.7 Å². The lowest BCUT2D eigenvalue weighted by atomic mass is 10.1. The molecule has 3 aromatic rings. The van der Waals surface area contributed by atoms with Crippen molar-refractivity contribution >= 4 is 21.6 Å². The van der Waals surface area contributed by atoms with Gasteiger partial charge in [-0.2, -0.15) is 0 Å². The van der Waals surface area contributed by atoms with Gasteiger partial charge in [-0.3, -0.25) is 4.79 Å². The smallest absolute Gasteiger partial charge is 0.240 e. The van der Waals surface area contributed by atoms with E-state index < -0.39 is 10.0 Å². The number of nitrogens with zero attached hydrogens (tertiary/aromatic N) is 1. The van der Waals surface area contributed by atoms with Gasteiger partial charge in [0.25, 0.3) is 0 Å². The van der Waals surface area contributed by atoms with Gasteiger partial charge in [-0.15, -0.1) is 0 Å². The van der Waals surface area contributed by atoms with Crippen LogP contribution in [0.2, 0.25) is 0 Å². The molecule has 8 nitrogen and oxygen atoms in total. The predicted molar refractivity (Wildman–Crippen MR) is 122 cm³/mol. The predicted octanol–water partition coefficient (Wildman–Crippen LogP) is 3.53. The molecule has 1 atom stereocenters. The molecule has 1 unspecified atom stereocenters. The lowest BCUT2D eigenvalue weighted by molar-refractivity contribution is -0.116. The van der Waals surface area contributed by atoms with Crippen molar-refractivity contribution < 1.29 is 22.4 Å². The van der Waals surface area contributed by atoms with E-state index in [2.05, 4.69) is 15.0 Å². The van der Waals surface area contributed by atoms with Gasteiger partial charge < -0.3 is 14.5 Å². The number of oxazole rings is 1. The van der Waals surface area contributed by atoms with Crippen LogP contribution in [0.1, 0.15) is 24.8 Å². The second-order valence-corrected chi connectivity index (χ2v) is 9.25. The fraction of sp³-hybridized carbons (Fsp3) is 0.304. The van der Waals surface area contributed by atoms with Gasteiger partial charge in [-0.25, -0.2) is 18.1 Å². The molecule has 0 saturated carbocycles. The van der Waals surface area contributed by atoms with Gasteiger partial charge in [0.05, 0.1) is 17.7 Å².